The first kappa shape index (κ1) is 68.7. The lowest BCUT2D eigenvalue weighted by molar-refractivity contribution is -0.141. The highest BCUT2D eigenvalue weighted by Gasteiger charge is 2.42. The summed E-state index contributed by atoms with van der Waals surface area (Å²) in [6, 6.07) is 23.0. The van der Waals surface area contributed by atoms with E-state index in [2.05, 4.69) is 52.6 Å². The van der Waals surface area contributed by atoms with Gasteiger partial charge in [0.25, 0.3) is 0 Å². The number of rotatable bonds is 26. The summed E-state index contributed by atoms with van der Waals surface area (Å²) in [5, 5.41) is 40.6. The molecule has 0 saturated carbocycles. The third-order valence-electron chi connectivity index (χ3n) is 15.7. The molecule has 0 spiro atoms. The monoisotopic (exact) mass is 1220 g/mol. The van der Waals surface area contributed by atoms with E-state index in [4.69, 9.17) is 10.5 Å². The first-order chi connectivity index (χ1) is 42.0. The number of primary amides is 1. The van der Waals surface area contributed by atoms with E-state index < -0.39 is 88.7 Å². The fourth-order valence-corrected chi connectivity index (χ4v) is 10.6. The number of carbonyl (C=O) groups excluding carboxylic acids is 8. The van der Waals surface area contributed by atoms with Gasteiger partial charge in [0.2, 0.25) is 35.4 Å². The van der Waals surface area contributed by atoms with Gasteiger partial charge in [0.05, 0.1) is 30.0 Å². The highest BCUT2D eigenvalue weighted by molar-refractivity contribution is 6.02. The number of aliphatic carboxylic acids is 1. The van der Waals surface area contributed by atoms with Crippen LogP contribution in [-0.4, -0.2) is 130 Å². The zero-order valence-electron chi connectivity index (χ0n) is 52.7. The molecule has 0 saturated heterocycles. The standard InChI is InChI=1S/C65H85N13O11/c1-37(2)49(33-39(5)61(85)86)77(12)60(84)56(64(6,7)8)73-59(83)55(67-11)65(9,10)42-20-17-21-44(34-42)70-63(88)89-36-40-26-28-43(29-27-40)69-57(81)47(24-18-32-68-62(66)87)71-58(82)52(38(3)4)72-50(79)30-31-51(80)78-35-41-19-13-14-22-45(41)53-54(75-76-74-53)46-23-15-16-25-48(46)78/h13-17,19-23,25-29,33-34,37-38,47,49,52,55-56,67H,18,24,30-32,35-36H2,1-12H3,(H,69,81)(H,70,88)(H,71,82)(H,72,79)(H,73,83)(H,85,86)(H3,66,68,87)(H,74,75,76)/b39-33+/t47-,49+,52-,55+,56+/m0/s1. The summed E-state index contributed by atoms with van der Waals surface area (Å²) < 4.78 is 5.56. The molecule has 9 amide bonds. The average Bonchev–Trinajstić information content (AvgIpc) is 1.84. The van der Waals surface area contributed by atoms with Gasteiger partial charge in [-0.25, -0.2) is 14.4 Å². The van der Waals surface area contributed by atoms with Crippen molar-refractivity contribution in [2.45, 2.75) is 144 Å². The van der Waals surface area contributed by atoms with Crippen LogP contribution in [0.4, 0.5) is 26.7 Å². The predicted molar refractivity (Wildman–Crippen MR) is 339 cm³/mol. The van der Waals surface area contributed by atoms with E-state index in [1.165, 1.54) is 11.8 Å². The van der Waals surface area contributed by atoms with Gasteiger partial charge in [0.15, 0.2) is 0 Å². The molecule has 1 aromatic heterocycles. The second kappa shape index (κ2) is 30.5. The summed E-state index contributed by atoms with van der Waals surface area (Å²) >= 11 is 0. The SMILES string of the molecule is CN[C@H](C(=O)N[C@H](C(=O)N(C)[C@H](/C=C(\C)C(=O)O)C(C)C)C(C)(C)C)C(C)(C)c1cccc(NC(=O)OCc2ccc(NC(=O)[C@H](CCCNC(N)=O)NC(=O)[C@@H](NC(=O)CCC(=O)N3Cc4ccccc4-c4[nH]nnc4-c4ccccc43)C(C)C)cc2)c1. The van der Waals surface area contributed by atoms with E-state index in [1.807, 2.05) is 103 Å². The number of carbonyl (C=O) groups is 9. The number of carboxylic acid groups (broad SMARTS) is 1. The summed E-state index contributed by atoms with van der Waals surface area (Å²) in [7, 11) is 3.24. The Bertz CT molecular complexity index is 3410. The number of para-hydroxylation sites is 1. The molecule has 0 aliphatic carbocycles. The van der Waals surface area contributed by atoms with Crippen molar-refractivity contribution in [2.75, 3.05) is 36.2 Å². The Morgan fingerprint density at radius 3 is 2.09 bits per heavy atom. The molecule has 1 aliphatic rings. The number of fused-ring (bicyclic) bond motifs is 5. The average molecular weight is 1220 g/mol. The summed E-state index contributed by atoms with van der Waals surface area (Å²) in [6.45, 7) is 18.1. The van der Waals surface area contributed by atoms with Crippen molar-refractivity contribution >= 4 is 70.6 Å². The van der Waals surface area contributed by atoms with Crippen LogP contribution < -0.4 is 47.9 Å². The number of amides is 9. The number of carboxylic acids is 1. The molecular weight excluding hydrogens is 1140 g/mol. The number of nitrogens with two attached hydrogens (primary N) is 1. The van der Waals surface area contributed by atoms with E-state index >= 15 is 0 Å². The Morgan fingerprint density at radius 2 is 1.45 bits per heavy atom. The molecule has 0 radical (unpaired) electrons. The van der Waals surface area contributed by atoms with Crippen LogP contribution in [0.2, 0.25) is 0 Å². The molecule has 0 unspecified atom stereocenters. The van der Waals surface area contributed by atoms with Crippen molar-refractivity contribution in [3.05, 3.63) is 125 Å². The topological polar surface area (TPSA) is 341 Å². The smallest absolute Gasteiger partial charge is 0.411 e. The molecule has 2 heterocycles. The third-order valence-corrected chi connectivity index (χ3v) is 15.7. The molecule has 4 aromatic carbocycles. The molecule has 476 valence electrons. The van der Waals surface area contributed by atoms with Crippen LogP contribution in [0, 0.1) is 17.3 Å². The van der Waals surface area contributed by atoms with Crippen molar-refractivity contribution in [3.63, 3.8) is 0 Å². The molecule has 89 heavy (non-hydrogen) atoms. The van der Waals surface area contributed by atoms with E-state index in [0.717, 1.165) is 16.8 Å². The van der Waals surface area contributed by atoms with Crippen LogP contribution in [0.25, 0.3) is 22.5 Å². The van der Waals surface area contributed by atoms with Gasteiger partial charge in [-0.1, -0.05) is 140 Å². The quantitative estimate of drug-likeness (QED) is 0.0194. The number of anilines is 3. The molecule has 5 atom stereocenters. The number of urea groups is 1. The van der Waals surface area contributed by atoms with Gasteiger partial charge in [-0.05, 0) is 91.1 Å². The largest absolute Gasteiger partial charge is 0.478 e. The van der Waals surface area contributed by atoms with Crippen LogP contribution >= 0.6 is 0 Å². The lowest BCUT2D eigenvalue weighted by Crippen LogP contribution is -2.61. The van der Waals surface area contributed by atoms with Crippen molar-refractivity contribution in [1.29, 1.82) is 0 Å². The van der Waals surface area contributed by atoms with Crippen LogP contribution in [0.1, 0.15) is 112 Å². The minimum atomic E-state index is -1.14. The number of aromatic amines is 1. The van der Waals surface area contributed by atoms with Crippen LogP contribution in [-0.2, 0) is 56.9 Å². The summed E-state index contributed by atoms with van der Waals surface area (Å²) in [5.41, 5.74) is 10.0. The van der Waals surface area contributed by atoms with Gasteiger partial charge in [0, 0.05) is 59.9 Å². The number of H-pyrrole nitrogens is 1. The van der Waals surface area contributed by atoms with Gasteiger partial charge in [-0.2, -0.15) is 0 Å². The Kier molecular flexibility index (Phi) is 23.5. The van der Waals surface area contributed by atoms with Crippen LogP contribution in [0.3, 0.4) is 0 Å². The van der Waals surface area contributed by atoms with Crippen molar-refractivity contribution < 1.29 is 53.0 Å². The molecule has 1 aliphatic heterocycles. The van der Waals surface area contributed by atoms with Gasteiger partial charge in [-0.3, -0.25) is 39.2 Å². The minimum Gasteiger partial charge on any atom is -0.478 e. The number of benzene rings is 4. The van der Waals surface area contributed by atoms with Crippen molar-refractivity contribution in [3.8, 4) is 22.5 Å². The van der Waals surface area contributed by atoms with Gasteiger partial charge >= 0.3 is 18.1 Å². The lowest BCUT2D eigenvalue weighted by atomic mass is 9.76. The van der Waals surface area contributed by atoms with Crippen molar-refractivity contribution in [1.82, 2.24) is 46.9 Å². The van der Waals surface area contributed by atoms with E-state index in [0.29, 0.717) is 39.4 Å². The molecule has 24 nitrogen and oxygen atoms in total. The van der Waals surface area contributed by atoms with Gasteiger partial charge in [0.1, 0.15) is 30.4 Å². The van der Waals surface area contributed by atoms with Crippen LogP contribution in [0.15, 0.2) is 109 Å². The first-order valence-electron chi connectivity index (χ1n) is 29.6. The molecular formula is C65H85N13O11. The lowest BCUT2D eigenvalue weighted by Gasteiger charge is -2.40. The van der Waals surface area contributed by atoms with E-state index in [9.17, 15) is 48.3 Å². The number of likely N-dealkylation sites (N-methyl/N-ethyl adjacent to an activating group) is 2. The Hall–Kier alpha value is -9.45. The fourth-order valence-electron chi connectivity index (χ4n) is 10.6. The number of nitrogens with one attached hydrogen (secondary N) is 8. The Morgan fingerprint density at radius 1 is 0.775 bits per heavy atom. The molecule has 0 bridgehead atoms. The Labute approximate surface area is 519 Å². The van der Waals surface area contributed by atoms with E-state index in [-0.39, 0.29) is 68.7 Å². The zero-order chi connectivity index (χ0) is 65.5. The van der Waals surface area contributed by atoms with Crippen molar-refractivity contribution in [2.24, 2.45) is 23.0 Å². The van der Waals surface area contributed by atoms with E-state index in [1.54, 1.807) is 81.4 Å². The molecule has 0 fully saturated rings. The van der Waals surface area contributed by atoms with Crippen LogP contribution in [0.5, 0.6) is 0 Å². The number of hydrogen-bond donors (Lipinski definition) is 10. The second-order valence-corrected chi connectivity index (χ2v) is 24.5. The summed E-state index contributed by atoms with van der Waals surface area (Å²) in [5.74, 6) is -4.60. The molecule has 6 rings (SSSR count). The number of hydrogen-bond acceptors (Lipinski definition) is 13. The highest BCUT2D eigenvalue weighted by Crippen LogP contribution is 2.40. The second-order valence-electron chi connectivity index (χ2n) is 24.5. The van der Waals surface area contributed by atoms with Gasteiger partial charge in [-0.15, -0.1) is 5.10 Å². The molecule has 5 aromatic rings. The number of aromatic nitrogens is 3. The maximum atomic E-state index is 14.3. The predicted octanol–water partition coefficient (Wildman–Crippen LogP) is 7.14. The maximum Gasteiger partial charge on any atom is 0.411 e. The number of nitrogens with zero attached hydrogens (tertiary/aromatic N) is 4. The minimum absolute atomic E-state index is 0.0727. The van der Waals surface area contributed by atoms with Gasteiger partial charge < -0.3 is 57.3 Å². The Balaban J connectivity index is 1.04. The summed E-state index contributed by atoms with van der Waals surface area (Å²) in [4.78, 5) is 124. The fraction of sp³-hybridized carbons (Fsp3) is 0.431. The third kappa shape index (κ3) is 18.1. The molecule has 24 heteroatoms. The summed E-state index contributed by atoms with van der Waals surface area (Å²) in [6.07, 6.45) is 0.669. The first-order valence-corrected chi connectivity index (χ1v) is 29.6. The normalized spacial score (nSPS) is 14.0. The molecule has 11 N–H and O–H groups in total. The maximum absolute atomic E-state index is 14.3. The highest BCUT2D eigenvalue weighted by atomic mass is 16.5. The number of ether oxygens (including phenoxy) is 1. The zero-order valence-corrected chi connectivity index (χ0v) is 52.7.